The molecular weight excluding hydrogens is 252 g/mol. The van der Waals surface area contributed by atoms with Crippen molar-refractivity contribution in [3.8, 4) is 5.75 Å². The molecule has 116 valence electrons. The van der Waals surface area contributed by atoms with Crippen LogP contribution in [0.1, 0.15) is 64.5 Å². The van der Waals surface area contributed by atoms with Crippen LogP contribution in [0.15, 0.2) is 18.2 Å². The molecule has 0 unspecified atom stereocenters. The minimum absolute atomic E-state index is 0.0256. The number of phenolic OH excluding ortho intramolecular Hbond substituents is 1. The number of phenols is 1. The number of aromatic hydroxyl groups is 1. The first-order valence-corrected chi connectivity index (χ1v) is 7.34. The standard InChI is InChI=1S/C11H16O.C6H14O2/c1-8-5-6-9(10(12)7-8)11(2,3)4;1-2-3-4-5-6(7)8/h5-7,12H,1-4H3;6-8H,2-5H2,1H3. The predicted octanol–water partition coefficient (Wildman–Crippen LogP) is 3.88. The number of aryl methyl sites for hydroxylation is 1. The first-order chi connectivity index (χ1) is 9.18. The molecule has 3 N–H and O–H groups in total. The monoisotopic (exact) mass is 282 g/mol. The van der Waals surface area contributed by atoms with Crippen molar-refractivity contribution < 1.29 is 15.3 Å². The van der Waals surface area contributed by atoms with Crippen LogP contribution in [0.4, 0.5) is 0 Å². The Balaban J connectivity index is 0.000000396. The predicted molar refractivity (Wildman–Crippen MR) is 83.9 cm³/mol. The summed E-state index contributed by atoms with van der Waals surface area (Å²) in [5.74, 6) is 0.405. The number of benzene rings is 1. The van der Waals surface area contributed by atoms with Crippen LogP contribution in [-0.4, -0.2) is 21.6 Å². The molecule has 1 aromatic rings. The van der Waals surface area contributed by atoms with E-state index in [-0.39, 0.29) is 5.41 Å². The molecular formula is C17H30O3. The maximum Gasteiger partial charge on any atom is 0.151 e. The van der Waals surface area contributed by atoms with Gasteiger partial charge < -0.3 is 15.3 Å². The van der Waals surface area contributed by atoms with E-state index in [9.17, 15) is 5.11 Å². The van der Waals surface area contributed by atoms with Gasteiger partial charge in [-0.05, 0) is 42.4 Å². The van der Waals surface area contributed by atoms with E-state index in [0.717, 1.165) is 30.4 Å². The normalized spacial score (nSPS) is 11.2. The van der Waals surface area contributed by atoms with Crippen molar-refractivity contribution in [1.82, 2.24) is 0 Å². The van der Waals surface area contributed by atoms with Crippen molar-refractivity contribution in [2.24, 2.45) is 0 Å². The van der Waals surface area contributed by atoms with Crippen molar-refractivity contribution in [2.75, 3.05) is 0 Å². The van der Waals surface area contributed by atoms with Crippen molar-refractivity contribution in [3.05, 3.63) is 29.3 Å². The second-order valence-corrected chi connectivity index (χ2v) is 6.25. The highest BCUT2D eigenvalue weighted by Gasteiger charge is 2.17. The third kappa shape index (κ3) is 8.18. The number of aliphatic hydroxyl groups excluding tert-OH is 1. The summed E-state index contributed by atoms with van der Waals surface area (Å²) < 4.78 is 0. The SMILES string of the molecule is CCCCCC(O)O.Cc1ccc(C(C)(C)C)c(O)c1. The molecule has 0 spiro atoms. The average molecular weight is 282 g/mol. The Bertz CT molecular complexity index is 378. The third-order valence-electron chi connectivity index (χ3n) is 3.03. The Kier molecular flexibility index (Phi) is 8.51. The first-order valence-electron chi connectivity index (χ1n) is 7.34. The minimum Gasteiger partial charge on any atom is -0.508 e. The quantitative estimate of drug-likeness (QED) is 0.580. The van der Waals surface area contributed by atoms with Crippen molar-refractivity contribution in [2.45, 2.75) is 72.0 Å². The molecule has 0 aliphatic rings. The molecule has 0 fully saturated rings. The van der Waals surface area contributed by atoms with Crippen LogP contribution < -0.4 is 0 Å². The summed E-state index contributed by atoms with van der Waals surface area (Å²) in [7, 11) is 0. The Labute approximate surface area is 123 Å². The number of hydrogen-bond donors (Lipinski definition) is 3. The van der Waals surface area contributed by atoms with Gasteiger partial charge in [-0.3, -0.25) is 0 Å². The highest BCUT2D eigenvalue weighted by molar-refractivity contribution is 5.39. The molecule has 0 atom stereocenters. The number of aliphatic hydroxyl groups is 2. The smallest absolute Gasteiger partial charge is 0.151 e. The molecule has 0 aliphatic carbocycles. The van der Waals surface area contributed by atoms with Crippen LogP contribution in [0.3, 0.4) is 0 Å². The van der Waals surface area contributed by atoms with Gasteiger partial charge in [0.25, 0.3) is 0 Å². The fourth-order valence-electron chi connectivity index (χ4n) is 1.85. The van der Waals surface area contributed by atoms with Gasteiger partial charge in [0.05, 0.1) is 0 Å². The molecule has 0 saturated heterocycles. The lowest BCUT2D eigenvalue weighted by molar-refractivity contribution is -0.0465. The lowest BCUT2D eigenvalue weighted by Gasteiger charge is -2.20. The zero-order valence-electron chi connectivity index (χ0n) is 13.5. The fourth-order valence-corrected chi connectivity index (χ4v) is 1.85. The topological polar surface area (TPSA) is 60.7 Å². The summed E-state index contributed by atoms with van der Waals surface area (Å²) in [6, 6.07) is 5.82. The average Bonchev–Trinajstić information content (AvgIpc) is 2.27. The second kappa shape index (κ2) is 8.98. The van der Waals surface area contributed by atoms with Crippen molar-refractivity contribution in [1.29, 1.82) is 0 Å². The first kappa shape index (κ1) is 18.9. The number of unbranched alkanes of at least 4 members (excludes halogenated alkanes) is 2. The highest BCUT2D eigenvalue weighted by Crippen LogP contribution is 2.30. The van der Waals surface area contributed by atoms with E-state index < -0.39 is 6.29 Å². The molecule has 1 aromatic carbocycles. The van der Waals surface area contributed by atoms with Gasteiger partial charge in [-0.1, -0.05) is 52.7 Å². The lowest BCUT2D eigenvalue weighted by Crippen LogP contribution is -2.11. The van der Waals surface area contributed by atoms with Gasteiger partial charge in [0.1, 0.15) is 5.75 Å². The summed E-state index contributed by atoms with van der Waals surface area (Å²) >= 11 is 0. The number of hydrogen-bond acceptors (Lipinski definition) is 3. The van der Waals surface area contributed by atoms with Crippen LogP contribution in [0.2, 0.25) is 0 Å². The van der Waals surface area contributed by atoms with Crippen molar-refractivity contribution in [3.63, 3.8) is 0 Å². The van der Waals surface area contributed by atoms with E-state index >= 15 is 0 Å². The van der Waals surface area contributed by atoms with Gasteiger partial charge in [-0.25, -0.2) is 0 Å². The molecule has 0 heterocycles. The highest BCUT2D eigenvalue weighted by atomic mass is 16.5. The summed E-state index contributed by atoms with van der Waals surface area (Å²) in [4.78, 5) is 0. The van der Waals surface area contributed by atoms with E-state index in [1.807, 2.05) is 19.1 Å². The summed E-state index contributed by atoms with van der Waals surface area (Å²) in [5.41, 5.74) is 2.13. The molecule has 3 nitrogen and oxygen atoms in total. The Morgan fingerprint density at radius 1 is 1.10 bits per heavy atom. The van der Waals surface area contributed by atoms with Gasteiger partial charge in [0, 0.05) is 0 Å². The molecule has 0 amide bonds. The van der Waals surface area contributed by atoms with Crippen LogP contribution in [0.25, 0.3) is 0 Å². The van der Waals surface area contributed by atoms with E-state index in [1.165, 1.54) is 0 Å². The van der Waals surface area contributed by atoms with Gasteiger partial charge in [0.2, 0.25) is 0 Å². The largest absolute Gasteiger partial charge is 0.508 e. The minimum atomic E-state index is -1.10. The van der Waals surface area contributed by atoms with Crippen LogP contribution in [0, 0.1) is 6.92 Å². The molecule has 0 radical (unpaired) electrons. The molecule has 0 saturated carbocycles. The Morgan fingerprint density at radius 3 is 2.10 bits per heavy atom. The van der Waals surface area contributed by atoms with Gasteiger partial charge >= 0.3 is 0 Å². The van der Waals surface area contributed by atoms with Crippen LogP contribution in [0.5, 0.6) is 5.75 Å². The van der Waals surface area contributed by atoms with Gasteiger partial charge in [-0.2, -0.15) is 0 Å². The summed E-state index contributed by atoms with van der Waals surface area (Å²) in [6.45, 7) is 10.3. The lowest BCUT2D eigenvalue weighted by atomic mass is 9.86. The van der Waals surface area contributed by atoms with Crippen LogP contribution in [-0.2, 0) is 5.41 Å². The zero-order chi connectivity index (χ0) is 15.8. The summed E-state index contributed by atoms with van der Waals surface area (Å²) in [6.07, 6.45) is 2.58. The maximum absolute atomic E-state index is 9.63. The Morgan fingerprint density at radius 2 is 1.70 bits per heavy atom. The van der Waals surface area contributed by atoms with Crippen molar-refractivity contribution >= 4 is 0 Å². The van der Waals surface area contributed by atoms with E-state index in [2.05, 4.69) is 27.7 Å². The maximum atomic E-state index is 9.63. The molecule has 1 rings (SSSR count). The third-order valence-corrected chi connectivity index (χ3v) is 3.03. The Hall–Kier alpha value is -1.06. The van der Waals surface area contributed by atoms with Gasteiger partial charge in [0.15, 0.2) is 6.29 Å². The van der Waals surface area contributed by atoms with E-state index in [1.54, 1.807) is 6.07 Å². The van der Waals surface area contributed by atoms with Gasteiger partial charge in [-0.15, -0.1) is 0 Å². The van der Waals surface area contributed by atoms with E-state index in [4.69, 9.17) is 10.2 Å². The summed E-state index contributed by atoms with van der Waals surface area (Å²) in [5, 5.41) is 26.3. The molecule has 20 heavy (non-hydrogen) atoms. The fraction of sp³-hybridized carbons (Fsp3) is 0.647. The van der Waals surface area contributed by atoms with E-state index in [0.29, 0.717) is 12.2 Å². The number of rotatable bonds is 4. The second-order valence-electron chi connectivity index (χ2n) is 6.25. The molecule has 3 heteroatoms. The zero-order valence-corrected chi connectivity index (χ0v) is 13.5. The molecule has 0 aromatic heterocycles. The molecule has 0 aliphatic heterocycles. The molecule has 0 bridgehead atoms. The van der Waals surface area contributed by atoms with Crippen LogP contribution >= 0.6 is 0 Å².